The maximum atomic E-state index is 11.3. The zero-order valence-electron chi connectivity index (χ0n) is 10.5. The van der Waals surface area contributed by atoms with Crippen LogP contribution in [-0.4, -0.2) is 65.0 Å². The molecule has 1 aromatic heterocycles. The van der Waals surface area contributed by atoms with E-state index >= 15 is 0 Å². The van der Waals surface area contributed by atoms with Crippen LogP contribution in [0.4, 0.5) is 5.82 Å². The summed E-state index contributed by atoms with van der Waals surface area (Å²) < 4.78 is 1.68. The molecular weight excluding hydrogens is 234 g/mol. The fourth-order valence-corrected chi connectivity index (χ4v) is 2.30. The van der Waals surface area contributed by atoms with Crippen LogP contribution in [0, 0.1) is 0 Å². The molecule has 1 amide bonds. The van der Waals surface area contributed by atoms with Crippen LogP contribution >= 0.6 is 0 Å². The molecule has 7 nitrogen and oxygen atoms in total. The first-order valence-electron chi connectivity index (χ1n) is 6.03. The number of hydrogen-bond acceptors (Lipinski definition) is 5. The van der Waals surface area contributed by atoms with Crippen LogP contribution in [0.1, 0.15) is 10.4 Å². The van der Waals surface area contributed by atoms with Gasteiger partial charge in [-0.2, -0.15) is 5.10 Å². The summed E-state index contributed by atoms with van der Waals surface area (Å²) in [6, 6.07) is 0. The van der Waals surface area contributed by atoms with Crippen LogP contribution in [0.2, 0.25) is 0 Å². The predicted molar refractivity (Wildman–Crippen MR) is 67.5 cm³/mol. The van der Waals surface area contributed by atoms with Crippen molar-refractivity contribution in [2.75, 3.05) is 44.2 Å². The number of primary amides is 1. The third-order valence-corrected chi connectivity index (χ3v) is 3.26. The van der Waals surface area contributed by atoms with Gasteiger partial charge in [0.05, 0.1) is 12.8 Å². The summed E-state index contributed by atoms with van der Waals surface area (Å²) in [6.07, 6.45) is 1.51. The van der Waals surface area contributed by atoms with Crippen LogP contribution in [0.3, 0.4) is 0 Å². The lowest BCUT2D eigenvalue weighted by molar-refractivity contribution is 0.100. The van der Waals surface area contributed by atoms with Crippen LogP contribution in [0.25, 0.3) is 0 Å². The number of carbonyl (C=O) groups excluding carboxylic acids is 1. The number of aryl methyl sites for hydroxylation is 1. The van der Waals surface area contributed by atoms with Gasteiger partial charge in [-0.3, -0.25) is 14.4 Å². The normalized spacial score (nSPS) is 17.1. The Bertz CT molecular complexity index is 423. The molecule has 1 aromatic rings. The standard InChI is InChI=1S/C11H19N5O2/c1-14-11(9(8-13-14)10(12)18)16-4-2-15(3-5-16)6-7-17/h8,17H,2-7H2,1H3,(H2,12,18). The maximum absolute atomic E-state index is 11.3. The Labute approximate surface area is 106 Å². The second-order valence-electron chi connectivity index (χ2n) is 4.42. The second-order valence-corrected chi connectivity index (χ2v) is 4.42. The molecule has 0 spiro atoms. The molecule has 3 N–H and O–H groups in total. The van der Waals surface area contributed by atoms with Crippen molar-refractivity contribution in [1.29, 1.82) is 0 Å². The van der Waals surface area contributed by atoms with Gasteiger partial charge in [0.2, 0.25) is 0 Å². The minimum Gasteiger partial charge on any atom is -0.395 e. The summed E-state index contributed by atoms with van der Waals surface area (Å²) in [6.45, 7) is 4.22. The van der Waals surface area contributed by atoms with Crippen LogP contribution in [-0.2, 0) is 7.05 Å². The Morgan fingerprint density at radius 2 is 2.11 bits per heavy atom. The smallest absolute Gasteiger partial charge is 0.254 e. The number of piperazine rings is 1. The Morgan fingerprint density at radius 3 is 2.67 bits per heavy atom. The number of amides is 1. The van der Waals surface area contributed by atoms with Gasteiger partial charge in [-0.25, -0.2) is 0 Å². The topological polar surface area (TPSA) is 87.6 Å². The van der Waals surface area contributed by atoms with Crippen molar-refractivity contribution in [3.63, 3.8) is 0 Å². The number of anilines is 1. The average molecular weight is 253 g/mol. The van der Waals surface area contributed by atoms with Crippen molar-refractivity contribution in [2.45, 2.75) is 0 Å². The number of β-amino-alcohol motifs (C(OH)–C–C–N with tert-alkyl or cyclic N) is 1. The van der Waals surface area contributed by atoms with Crippen LogP contribution in [0.15, 0.2) is 6.20 Å². The highest BCUT2D eigenvalue weighted by atomic mass is 16.3. The van der Waals surface area contributed by atoms with E-state index in [1.54, 1.807) is 4.68 Å². The van der Waals surface area contributed by atoms with Crippen molar-refractivity contribution >= 4 is 11.7 Å². The predicted octanol–water partition coefficient (Wildman–Crippen LogP) is -1.37. The van der Waals surface area contributed by atoms with Crippen molar-refractivity contribution in [3.8, 4) is 0 Å². The number of aliphatic hydroxyl groups is 1. The van der Waals surface area contributed by atoms with Crippen molar-refractivity contribution in [2.24, 2.45) is 12.8 Å². The lowest BCUT2D eigenvalue weighted by atomic mass is 10.2. The van der Waals surface area contributed by atoms with Gasteiger partial charge in [0, 0.05) is 39.8 Å². The number of nitrogens with two attached hydrogens (primary N) is 1. The molecule has 2 heterocycles. The van der Waals surface area contributed by atoms with Gasteiger partial charge in [-0.1, -0.05) is 0 Å². The van der Waals surface area contributed by atoms with Crippen molar-refractivity contribution < 1.29 is 9.90 Å². The summed E-state index contributed by atoms with van der Waals surface area (Å²) in [4.78, 5) is 15.6. The first-order valence-corrected chi connectivity index (χ1v) is 6.03. The van der Waals surface area contributed by atoms with E-state index in [1.165, 1.54) is 6.20 Å². The average Bonchev–Trinajstić information content (AvgIpc) is 2.73. The Balaban J connectivity index is 2.09. The quantitative estimate of drug-likeness (QED) is 0.691. The molecule has 2 rings (SSSR count). The lowest BCUT2D eigenvalue weighted by Crippen LogP contribution is -2.48. The second kappa shape index (κ2) is 5.36. The number of hydrogen-bond donors (Lipinski definition) is 2. The lowest BCUT2D eigenvalue weighted by Gasteiger charge is -2.35. The molecule has 0 atom stereocenters. The summed E-state index contributed by atoms with van der Waals surface area (Å²) >= 11 is 0. The van der Waals surface area contributed by atoms with Crippen LogP contribution in [0.5, 0.6) is 0 Å². The van der Waals surface area contributed by atoms with E-state index in [9.17, 15) is 4.79 Å². The summed E-state index contributed by atoms with van der Waals surface area (Å²) in [5.74, 6) is 0.335. The summed E-state index contributed by atoms with van der Waals surface area (Å²) in [7, 11) is 1.81. The zero-order chi connectivity index (χ0) is 13.1. The monoisotopic (exact) mass is 253 g/mol. The fraction of sp³-hybridized carbons (Fsp3) is 0.636. The molecule has 0 aromatic carbocycles. The number of carbonyl (C=O) groups is 1. The Morgan fingerprint density at radius 1 is 1.44 bits per heavy atom. The van der Waals surface area contributed by atoms with Gasteiger partial charge in [0.25, 0.3) is 5.91 Å². The molecule has 0 saturated carbocycles. The third-order valence-electron chi connectivity index (χ3n) is 3.26. The number of aliphatic hydroxyl groups excluding tert-OH is 1. The summed E-state index contributed by atoms with van der Waals surface area (Å²) in [5, 5.41) is 13.0. The Hall–Kier alpha value is -1.60. The minimum absolute atomic E-state index is 0.179. The molecule has 0 aliphatic carbocycles. The first-order chi connectivity index (χ1) is 8.63. The molecule has 0 radical (unpaired) electrons. The molecule has 1 fully saturated rings. The highest BCUT2D eigenvalue weighted by Crippen LogP contribution is 2.20. The van der Waals surface area contributed by atoms with E-state index in [2.05, 4.69) is 14.9 Å². The van der Waals surface area contributed by atoms with Crippen LogP contribution < -0.4 is 10.6 Å². The molecule has 0 bridgehead atoms. The van der Waals surface area contributed by atoms with Gasteiger partial charge < -0.3 is 15.7 Å². The van der Waals surface area contributed by atoms with E-state index < -0.39 is 5.91 Å². The van der Waals surface area contributed by atoms with Gasteiger partial charge in [0.1, 0.15) is 11.4 Å². The van der Waals surface area contributed by atoms with Gasteiger partial charge in [-0.15, -0.1) is 0 Å². The highest BCUT2D eigenvalue weighted by molar-refractivity contribution is 5.97. The first kappa shape index (κ1) is 12.8. The van der Waals surface area contributed by atoms with E-state index in [1.807, 2.05) is 7.05 Å². The molecule has 100 valence electrons. The van der Waals surface area contributed by atoms with E-state index in [-0.39, 0.29) is 6.61 Å². The van der Waals surface area contributed by atoms with E-state index in [0.717, 1.165) is 32.0 Å². The number of aromatic nitrogens is 2. The largest absolute Gasteiger partial charge is 0.395 e. The minimum atomic E-state index is -0.448. The molecule has 1 saturated heterocycles. The van der Waals surface area contributed by atoms with Gasteiger partial charge in [-0.05, 0) is 0 Å². The fourth-order valence-electron chi connectivity index (χ4n) is 2.30. The zero-order valence-corrected chi connectivity index (χ0v) is 10.5. The summed E-state index contributed by atoms with van der Waals surface area (Å²) in [5.41, 5.74) is 5.81. The van der Waals surface area contributed by atoms with Crippen molar-refractivity contribution in [3.05, 3.63) is 11.8 Å². The molecule has 1 aliphatic rings. The van der Waals surface area contributed by atoms with E-state index in [4.69, 9.17) is 10.8 Å². The Kier molecular flexibility index (Phi) is 3.83. The maximum Gasteiger partial charge on any atom is 0.254 e. The third kappa shape index (κ3) is 2.46. The number of rotatable bonds is 4. The van der Waals surface area contributed by atoms with E-state index in [0.29, 0.717) is 12.1 Å². The molecule has 1 aliphatic heterocycles. The molecule has 0 unspecified atom stereocenters. The molecule has 7 heteroatoms. The van der Waals surface area contributed by atoms with Crippen molar-refractivity contribution in [1.82, 2.24) is 14.7 Å². The number of nitrogens with zero attached hydrogens (tertiary/aromatic N) is 4. The van der Waals surface area contributed by atoms with Gasteiger partial charge >= 0.3 is 0 Å². The molecular formula is C11H19N5O2. The molecule has 18 heavy (non-hydrogen) atoms. The van der Waals surface area contributed by atoms with Gasteiger partial charge in [0.15, 0.2) is 0 Å². The highest BCUT2D eigenvalue weighted by Gasteiger charge is 2.23. The SMILES string of the molecule is Cn1ncc(C(N)=O)c1N1CCN(CCO)CC1.